The Bertz CT molecular complexity index is 1260. The first-order chi connectivity index (χ1) is 15.2. The van der Waals surface area contributed by atoms with Crippen LogP contribution in [0.15, 0.2) is 42.7 Å². The van der Waals surface area contributed by atoms with Crippen LogP contribution in [0.25, 0.3) is 21.9 Å². The number of nitrogens with one attached hydrogen (secondary N) is 1. The summed E-state index contributed by atoms with van der Waals surface area (Å²) in [5, 5.41) is 9.45. The van der Waals surface area contributed by atoms with Gasteiger partial charge in [-0.3, -0.25) is 4.79 Å². The van der Waals surface area contributed by atoms with E-state index in [9.17, 15) is 4.79 Å². The van der Waals surface area contributed by atoms with Crippen molar-refractivity contribution in [2.75, 3.05) is 26.0 Å². The van der Waals surface area contributed by atoms with E-state index in [0.29, 0.717) is 5.56 Å². The minimum absolute atomic E-state index is 0.144. The number of pyridine rings is 1. The Morgan fingerprint density at radius 1 is 1.12 bits per heavy atom. The molecular weight excluding hydrogens is 400 g/mol. The molecule has 0 radical (unpaired) electrons. The summed E-state index contributed by atoms with van der Waals surface area (Å²) in [5.74, 6) is 0.0636. The molecule has 7 nitrogen and oxygen atoms in total. The van der Waals surface area contributed by atoms with Gasteiger partial charge in [-0.1, -0.05) is 13.8 Å². The molecule has 1 aromatic carbocycles. The zero-order valence-corrected chi connectivity index (χ0v) is 19.8. The largest absolute Gasteiger partial charge is 0.346 e. The highest BCUT2D eigenvalue weighted by Gasteiger charge is 2.19. The minimum atomic E-state index is -0.144. The molecule has 7 heteroatoms. The van der Waals surface area contributed by atoms with Crippen molar-refractivity contribution in [1.82, 2.24) is 24.2 Å². The second-order valence-corrected chi connectivity index (χ2v) is 9.21. The van der Waals surface area contributed by atoms with Crippen LogP contribution in [0.5, 0.6) is 0 Å². The number of aromatic nitrogens is 4. The number of hydrogen-bond acceptors (Lipinski definition) is 4. The topological polar surface area (TPSA) is 68.0 Å². The zero-order chi connectivity index (χ0) is 23.0. The lowest BCUT2D eigenvalue weighted by atomic mass is 10.0. The molecule has 3 aromatic heterocycles. The molecule has 3 heterocycles. The van der Waals surface area contributed by atoms with Crippen molar-refractivity contribution in [3.05, 3.63) is 54.0 Å². The summed E-state index contributed by atoms with van der Waals surface area (Å²) in [6.07, 6.45) is 3.84. The predicted molar refractivity (Wildman–Crippen MR) is 130 cm³/mol. The standard InChI is InChI=1S/C25H32N6O/c1-16(2)22-14-20(21-15-26-31(17(3)4)24(21)28-22)25(32)27-19-7-8-23-18(13-19)9-10-30(23)12-11-29(5)6/h7-10,13-17H,11-12H2,1-6H3,(H,27,32). The third-order valence-corrected chi connectivity index (χ3v) is 5.73. The van der Waals surface area contributed by atoms with E-state index >= 15 is 0 Å². The fraction of sp³-hybridized carbons (Fsp3) is 0.400. The monoisotopic (exact) mass is 432 g/mol. The third kappa shape index (κ3) is 4.25. The van der Waals surface area contributed by atoms with Crippen LogP contribution in [0.3, 0.4) is 0 Å². The number of benzene rings is 1. The smallest absolute Gasteiger partial charge is 0.256 e. The Hall–Kier alpha value is -3.19. The second kappa shape index (κ2) is 8.74. The number of anilines is 1. The molecule has 0 bridgehead atoms. The molecular formula is C25H32N6O. The molecule has 0 saturated carbocycles. The van der Waals surface area contributed by atoms with Gasteiger partial charge >= 0.3 is 0 Å². The van der Waals surface area contributed by atoms with E-state index in [-0.39, 0.29) is 17.9 Å². The van der Waals surface area contributed by atoms with Crippen molar-refractivity contribution in [3.63, 3.8) is 0 Å². The summed E-state index contributed by atoms with van der Waals surface area (Å²) in [6, 6.07) is 10.2. The SMILES string of the molecule is CC(C)c1cc(C(=O)Nc2ccc3c(ccn3CCN(C)C)c2)c2cnn(C(C)C)c2n1. The van der Waals surface area contributed by atoms with Gasteiger partial charge in [-0.25, -0.2) is 9.67 Å². The fourth-order valence-electron chi connectivity index (χ4n) is 3.88. The van der Waals surface area contributed by atoms with Gasteiger partial charge in [0.25, 0.3) is 5.91 Å². The summed E-state index contributed by atoms with van der Waals surface area (Å²) >= 11 is 0. The Balaban J connectivity index is 1.65. The van der Waals surface area contributed by atoms with Crippen LogP contribution in [0.2, 0.25) is 0 Å². The molecule has 0 unspecified atom stereocenters. The lowest BCUT2D eigenvalue weighted by Gasteiger charge is -2.13. The van der Waals surface area contributed by atoms with Crippen LogP contribution in [0, 0.1) is 0 Å². The number of rotatable bonds is 7. The molecule has 168 valence electrons. The van der Waals surface area contributed by atoms with Gasteiger partial charge in [0.15, 0.2) is 5.65 Å². The molecule has 0 saturated heterocycles. The predicted octanol–water partition coefficient (Wildman–Crippen LogP) is 4.90. The Morgan fingerprint density at radius 3 is 2.59 bits per heavy atom. The number of fused-ring (bicyclic) bond motifs is 2. The van der Waals surface area contributed by atoms with Crippen LogP contribution in [-0.2, 0) is 6.54 Å². The number of carbonyl (C=O) groups excluding carboxylic acids is 1. The number of likely N-dealkylation sites (N-methyl/N-ethyl adjacent to an activating group) is 1. The van der Waals surface area contributed by atoms with Crippen LogP contribution in [0.1, 0.15) is 55.7 Å². The Morgan fingerprint density at radius 2 is 1.91 bits per heavy atom. The highest BCUT2D eigenvalue weighted by atomic mass is 16.1. The van der Waals surface area contributed by atoms with Crippen molar-refractivity contribution in [1.29, 1.82) is 0 Å². The van der Waals surface area contributed by atoms with Crippen molar-refractivity contribution in [2.45, 2.75) is 46.2 Å². The van der Waals surface area contributed by atoms with Gasteiger partial charge in [0.05, 0.1) is 17.1 Å². The van der Waals surface area contributed by atoms with E-state index in [4.69, 9.17) is 4.98 Å². The summed E-state index contributed by atoms with van der Waals surface area (Å²) in [4.78, 5) is 20.3. The van der Waals surface area contributed by atoms with Gasteiger partial charge in [0, 0.05) is 47.6 Å². The molecule has 0 aliphatic carbocycles. The van der Waals surface area contributed by atoms with Crippen molar-refractivity contribution < 1.29 is 4.79 Å². The van der Waals surface area contributed by atoms with Gasteiger partial charge in [0.1, 0.15) is 0 Å². The van der Waals surface area contributed by atoms with Gasteiger partial charge in [0.2, 0.25) is 0 Å². The number of hydrogen-bond donors (Lipinski definition) is 1. The lowest BCUT2D eigenvalue weighted by Crippen LogP contribution is -2.17. The van der Waals surface area contributed by atoms with E-state index in [0.717, 1.165) is 46.4 Å². The maximum atomic E-state index is 13.3. The molecule has 1 amide bonds. The van der Waals surface area contributed by atoms with Crippen molar-refractivity contribution >= 4 is 33.5 Å². The lowest BCUT2D eigenvalue weighted by molar-refractivity contribution is 0.102. The van der Waals surface area contributed by atoms with E-state index < -0.39 is 0 Å². The first-order valence-electron chi connectivity index (χ1n) is 11.2. The highest BCUT2D eigenvalue weighted by molar-refractivity contribution is 6.12. The minimum Gasteiger partial charge on any atom is -0.346 e. The molecule has 1 N–H and O–H groups in total. The molecule has 0 atom stereocenters. The van der Waals surface area contributed by atoms with Crippen molar-refractivity contribution in [2.24, 2.45) is 0 Å². The number of nitrogens with zero attached hydrogens (tertiary/aromatic N) is 5. The van der Waals surface area contributed by atoms with Crippen LogP contribution >= 0.6 is 0 Å². The van der Waals surface area contributed by atoms with Gasteiger partial charge < -0.3 is 14.8 Å². The van der Waals surface area contributed by atoms with E-state index in [1.807, 2.05) is 22.9 Å². The summed E-state index contributed by atoms with van der Waals surface area (Å²) in [7, 11) is 4.15. The summed E-state index contributed by atoms with van der Waals surface area (Å²) < 4.78 is 4.11. The van der Waals surface area contributed by atoms with E-state index in [2.05, 4.69) is 80.0 Å². The van der Waals surface area contributed by atoms with Gasteiger partial charge in [-0.05, 0) is 64.2 Å². The van der Waals surface area contributed by atoms with E-state index in [1.165, 1.54) is 0 Å². The van der Waals surface area contributed by atoms with Crippen LogP contribution in [0.4, 0.5) is 5.69 Å². The highest BCUT2D eigenvalue weighted by Crippen LogP contribution is 2.26. The summed E-state index contributed by atoms with van der Waals surface area (Å²) in [6.45, 7) is 10.2. The van der Waals surface area contributed by atoms with Crippen LogP contribution < -0.4 is 5.32 Å². The molecule has 0 spiro atoms. The van der Waals surface area contributed by atoms with Crippen LogP contribution in [-0.4, -0.2) is 50.8 Å². The van der Waals surface area contributed by atoms with E-state index in [1.54, 1.807) is 6.20 Å². The maximum absolute atomic E-state index is 13.3. The molecule has 4 rings (SSSR count). The first-order valence-corrected chi connectivity index (χ1v) is 11.2. The Kier molecular flexibility index (Phi) is 6.02. The number of amides is 1. The molecule has 0 aliphatic heterocycles. The molecule has 32 heavy (non-hydrogen) atoms. The quantitative estimate of drug-likeness (QED) is 0.451. The second-order valence-electron chi connectivity index (χ2n) is 9.21. The average Bonchev–Trinajstić information content (AvgIpc) is 3.35. The first kappa shape index (κ1) is 22.0. The molecule has 4 aromatic rings. The van der Waals surface area contributed by atoms with Gasteiger partial charge in [-0.2, -0.15) is 5.10 Å². The average molecular weight is 433 g/mol. The third-order valence-electron chi connectivity index (χ3n) is 5.73. The molecule has 0 aliphatic rings. The van der Waals surface area contributed by atoms with Crippen molar-refractivity contribution in [3.8, 4) is 0 Å². The van der Waals surface area contributed by atoms with Gasteiger partial charge in [-0.15, -0.1) is 0 Å². The fourth-order valence-corrected chi connectivity index (χ4v) is 3.88. The normalized spacial score (nSPS) is 12.0. The number of carbonyl (C=O) groups is 1. The molecule has 0 fully saturated rings. The Labute approximate surface area is 189 Å². The maximum Gasteiger partial charge on any atom is 0.256 e. The zero-order valence-electron chi connectivity index (χ0n) is 19.8. The summed E-state index contributed by atoms with van der Waals surface area (Å²) in [5.41, 5.74) is 4.19.